The highest BCUT2D eigenvalue weighted by molar-refractivity contribution is 6.42. The van der Waals surface area contributed by atoms with Gasteiger partial charge in [0, 0.05) is 23.9 Å². The molecule has 6 nitrogen and oxygen atoms in total. The molecule has 8 heteroatoms. The first-order valence-corrected chi connectivity index (χ1v) is 11.5. The zero-order valence-corrected chi connectivity index (χ0v) is 19.8. The van der Waals surface area contributed by atoms with Crippen LogP contribution in [0.2, 0.25) is 10.0 Å². The van der Waals surface area contributed by atoms with Gasteiger partial charge < -0.3 is 5.32 Å². The van der Waals surface area contributed by atoms with Crippen molar-refractivity contribution in [3.63, 3.8) is 0 Å². The zero-order valence-electron chi connectivity index (χ0n) is 18.3. The summed E-state index contributed by atoms with van der Waals surface area (Å²) in [5.74, 6) is -0.351. The number of rotatable bonds is 5. The summed E-state index contributed by atoms with van der Waals surface area (Å²) in [7, 11) is 0. The highest BCUT2D eigenvalue weighted by Crippen LogP contribution is 2.24. The van der Waals surface area contributed by atoms with Crippen LogP contribution in [0.5, 0.6) is 0 Å². The molecule has 3 aromatic carbocycles. The van der Waals surface area contributed by atoms with E-state index in [1.165, 1.54) is 10.6 Å². The molecule has 172 valence electrons. The average Bonchev–Trinajstić information content (AvgIpc) is 2.87. The van der Waals surface area contributed by atoms with E-state index in [1.54, 1.807) is 48.7 Å². The molecule has 0 aliphatic carbocycles. The monoisotopic (exact) mass is 500 g/mol. The SMILES string of the molecule is O=C(Nc1cccc(-n2c(=O)c(Cc3ccccc3)nc3cccnc32)c1)c1ccc(Cl)c(Cl)c1. The summed E-state index contributed by atoms with van der Waals surface area (Å²) in [6, 6.07) is 25.0. The molecule has 1 amide bonds. The number of halogens is 2. The Morgan fingerprint density at radius 3 is 2.51 bits per heavy atom. The number of nitrogens with one attached hydrogen (secondary N) is 1. The lowest BCUT2D eigenvalue weighted by Crippen LogP contribution is -2.25. The number of carbonyl (C=O) groups is 1. The fourth-order valence-corrected chi connectivity index (χ4v) is 4.07. The maximum absolute atomic E-state index is 13.6. The summed E-state index contributed by atoms with van der Waals surface area (Å²) >= 11 is 12.0. The molecule has 0 fully saturated rings. The van der Waals surface area contributed by atoms with E-state index in [9.17, 15) is 9.59 Å². The number of amides is 1. The van der Waals surface area contributed by atoms with Crippen LogP contribution < -0.4 is 10.9 Å². The number of fused-ring (bicyclic) bond motifs is 1. The lowest BCUT2D eigenvalue weighted by Gasteiger charge is -2.13. The molecule has 0 bridgehead atoms. The highest BCUT2D eigenvalue weighted by atomic mass is 35.5. The second kappa shape index (κ2) is 9.70. The van der Waals surface area contributed by atoms with E-state index in [-0.39, 0.29) is 11.5 Å². The van der Waals surface area contributed by atoms with Gasteiger partial charge in [0.2, 0.25) is 0 Å². The van der Waals surface area contributed by atoms with Crippen LogP contribution in [0.25, 0.3) is 16.9 Å². The second-order valence-corrected chi connectivity index (χ2v) is 8.66. The summed E-state index contributed by atoms with van der Waals surface area (Å²) in [6.45, 7) is 0. The molecule has 0 aliphatic rings. The number of anilines is 1. The van der Waals surface area contributed by atoms with Gasteiger partial charge in [-0.1, -0.05) is 59.6 Å². The third kappa shape index (κ3) is 4.80. The van der Waals surface area contributed by atoms with E-state index in [2.05, 4.69) is 15.3 Å². The Hall–Kier alpha value is -4.00. The molecule has 2 heterocycles. The number of hydrogen-bond donors (Lipinski definition) is 1. The Bertz CT molecular complexity index is 1620. The Kier molecular flexibility index (Phi) is 6.31. The predicted molar refractivity (Wildman–Crippen MR) is 139 cm³/mol. The predicted octanol–water partition coefficient (Wildman–Crippen LogP) is 5.93. The summed E-state index contributed by atoms with van der Waals surface area (Å²) in [5, 5.41) is 3.51. The number of hydrogen-bond acceptors (Lipinski definition) is 4. The largest absolute Gasteiger partial charge is 0.322 e. The van der Waals surface area contributed by atoms with Crippen molar-refractivity contribution >= 4 is 46.0 Å². The highest BCUT2D eigenvalue weighted by Gasteiger charge is 2.15. The van der Waals surface area contributed by atoms with E-state index in [0.717, 1.165) is 5.56 Å². The molecule has 0 saturated heterocycles. The van der Waals surface area contributed by atoms with Crippen molar-refractivity contribution in [2.75, 3.05) is 5.32 Å². The smallest absolute Gasteiger partial charge is 0.278 e. The molecule has 0 spiro atoms. The van der Waals surface area contributed by atoms with Gasteiger partial charge in [-0.3, -0.25) is 14.2 Å². The van der Waals surface area contributed by atoms with Gasteiger partial charge >= 0.3 is 0 Å². The second-order valence-electron chi connectivity index (χ2n) is 7.84. The standard InChI is InChI=1S/C27H18Cl2N4O2/c28-21-12-11-18(15-22(21)29)26(34)31-19-8-4-9-20(16-19)33-25-23(10-5-13-30-25)32-24(27(33)35)14-17-6-2-1-3-7-17/h1-13,15-16H,14H2,(H,31,34). The molecule has 0 atom stereocenters. The lowest BCUT2D eigenvalue weighted by molar-refractivity contribution is 0.102. The van der Waals surface area contributed by atoms with E-state index in [0.29, 0.717) is 50.3 Å². The third-order valence-electron chi connectivity index (χ3n) is 5.44. The van der Waals surface area contributed by atoms with Crippen molar-refractivity contribution in [1.82, 2.24) is 14.5 Å². The molecule has 0 unspecified atom stereocenters. The minimum atomic E-state index is -0.351. The fraction of sp³-hybridized carbons (Fsp3) is 0.0370. The molecule has 35 heavy (non-hydrogen) atoms. The van der Waals surface area contributed by atoms with Crippen molar-refractivity contribution in [3.05, 3.63) is 128 Å². The summed E-state index contributed by atoms with van der Waals surface area (Å²) < 4.78 is 1.52. The molecule has 0 saturated carbocycles. The molecule has 0 aliphatic heterocycles. The number of benzene rings is 3. The Morgan fingerprint density at radius 1 is 0.886 bits per heavy atom. The van der Waals surface area contributed by atoms with Crippen LogP contribution in [0.4, 0.5) is 5.69 Å². The van der Waals surface area contributed by atoms with E-state index >= 15 is 0 Å². The number of pyridine rings is 1. The topological polar surface area (TPSA) is 76.9 Å². The fourth-order valence-electron chi connectivity index (χ4n) is 3.77. The maximum Gasteiger partial charge on any atom is 0.278 e. The molecule has 5 rings (SSSR count). The Morgan fingerprint density at radius 2 is 1.71 bits per heavy atom. The maximum atomic E-state index is 13.6. The molecule has 0 radical (unpaired) electrons. The van der Waals surface area contributed by atoms with Crippen LogP contribution >= 0.6 is 23.2 Å². The Labute approximate surface area is 210 Å². The number of aromatic nitrogens is 3. The number of carbonyl (C=O) groups excluding carboxylic acids is 1. The van der Waals surface area contributed by atoms with Crippen LogP contribution in [-0.4, -0.2) is 20.4 Å². The molecular formula is C27H18Cl2N4O2. The molecule has 1 N–H and O–H groups in total. The van der Waals surface area contributed by atoms with Crippen molar-refractivity contribution < 1.29 is 4.79 Å². The average molecular weight is 501 g/mol. The van der Waals surface area contributed by atoms with E-state index in [1.807, 2.05) is 36.4 Å². The van der Waals surface area contributed by atoms with Crippen LogP contribution in [0.15, 0.2) is 95.9 Å². The molecule has 2 aromatic heterocycles. The first-order chi connectivity index (χ1) is 17.0. The van der Waals surface area contributed by atoms with Crippen LogP contribution in [0.1, 0.15) is 21.6 Å². The van der Waals surface area contributed by atoms with Gasteiger partial charge in [-0.25, -0.2) is 9.97 Å². The van der Waals surface area contributed by atoms with Gasteiger partial charge in [0.05, 0.1) is 15.7 Å². The molecular weight excluding hydrogens is 483 g/mol. The van der Waals surface area contributed by atoms with Crippen LogP contribution in [0, 0.1) is 0 Å². The summed E-state index contributed by atoms with van der Waals surface area (Å²) in [4.78, 5) is 35.3. The van der Waals surface area contributed by atoms with Gasteiger partial charge in [0.1, 0.15) is 11.2 Å². The molecule has 5 aromatic rings. The van der Waals surface area contributed by atoms with Gasteiger partial charge in [-0.15, -0.1) is 0 Å². The lowest BCUT2D eigenvalue weighted by atomic mass is 10.1. The van der Waals surface area contributed by atoms with E-state index < -0.39 is 0 Å². The number of nitrogens with zero attached hydrogens (tertiary/aromatic N) is 3. The van der Waals surface area contributed by atoms with Gasteiger partial charge in [0.15, 0.2) is 5.65 Å². The van der Waals surface area contributed by atoms with Crippen LogP contribution in [-0.2, 0) is 6.42 Å². The minimum Gasteiger partial charge on any atom is -0.322 e. The van der Waals surface area contributed by atoms with Crippen LogP contribution in [0.3, 0.4) is 0 Å². The Balaban J connectivity index is 1.55. The van der Waals surface area contributed by atoms with Crippen molar-refractivity contribution in [2.45, 2.75) is 6.42 Å². The van der Waals surface area contributed by atoms with E-state index in [4.69, 9.17) is 23.2 Å². The van der Waals surface area contributed by atoms with Gasteiger partial charge in [-0.2, -0.15) is 0 Å². The van der Waals surface area contributed by atoms with Gasteiger partial charge in [0.25, 0.3) is 11.5 Å². The zero-order chi connectivity index (χ0) is 24.4. The van der Waals surface area contributed by atoms with Crippen molar-refractivity contribution in [3.8, 4) is 5.69 Å². The van der Waals surface area contributed by atoms with Gasteiger partial charge in [-0.05, 0) is 54.1 Å². The summed E-state index contributed by atoms with van der Waals surface area (Å²) in [5.41, 5.74) is 3.58. The van der Waals surface area contributed by atoms with Crippen molar-refractivity contribution in [1.29, 1.82) is 0 Å². The first-order valence-electron chi connectivity index (χ1n) is 10.8. The summed E-state index contributed by atoms with van der Waals surface area (Å²) in [6.07, 6.45) is 2.00. The first kappa shape index (κ1) is 22.8. The van der Waals surface area contributed by atoms with Crippen molar-refractivity contribution in [2.24, 2.45) is 0 Å². The minimum absolute atomic E-state index is 0.270. The quantitative estimate of drug-likeness (QED) is 0.324. The third-order valence-corrected chi connectivity index (χ3v) is 6.18. The normalized spacial score (nSPS) is 10.9.